The number of hydrogen-bond donors (Lipinski definition) is 3. The van der Waals surface area contributed by atoms with E-state index in [1.165, 1.54) is 18.2 Å². The van der Waals surface area contributed by atoms with Gasteiger partial charge in [0, 0.05) is 11.8 Å². The third-order valence-electron chi connectivity index (χ3n) is 2.59. The molecule has 0 spiro atoms. The molecule has 9 heteroatoms. The standard InChI is InChI=1S/C12H10ClF2N3O2S/c13-8-3-6(14)4-9(15)12(8)18-7-1-2-11(10(16)5-7)21(17,19)20/h1-5,18H,16H2,(H2,17,19,20). The molecule has 21 heavy (non-hydrogen) atoms. The maximum Gasteiger partial charge on any atom is 0.240 e. The van der Waals surface area contributed by atoms with Crippen molar-refractivity contribution in [3.05, 3.63) is 47.0 Å². The summed E-state index contributed by atoms with van der Waals surface area (Å²) in [5.41, 5.74) is 5.58. The van der Waals surface area contributed by atoms with Crippen molar-refractivity contribution in [2.45, 2.75) is 4.90 Å². The van der Waals surface area contributed by atoms with Gasteiger partial charge in [0.05, 0.1) is 16.4 Å². The van der Waals surface area contributed by atoms with Crippen LogP contribution in [0.4, 0.5) is 25.8 Å². The van der Waals surface area contributed by atoms with E-state index in [1.807, 2.05) is 0 Å². The number of hydrogen-bond acceptors (Lipinski definition) is 4. The van der Waals surface area contributed by atoms with Gasteiger partial charge in [0.25, 0.3) is 0 Å². The Morgan fingerprint density at radius 1 is 1.14 bits per heavy atom. The number of anilines is 3. The van der Waals surface area contributed by atoms with Crippen molar-refractivity contribution in [1.29, 1.82) is 0 Å². The number of halogens is 3. The van der Waals surface area contributed by atoms with Crippen LogP contribution in [0.2, 0.25) is 5.02 Å². The van der Waals surface area contributed by atoms with Gasteiger partial charge in [-0.3, -0.25) is 0 Å². The second kappa shape index (κ2) is 5.47. The van der Waals surface area contributed by atoms with E-state index in [2.05, 4.69) is 5.32 Å². The minimum Gasteiger partial charge on any atom is -0.398 e. The summed E-state index contributed by atoms with van der Waals surface area (Å²) in [6.45, 7) is 0. The van der Waals surface area contributed by atoms with E-state index < -0.39 is 21.7 Å². The van der Waals surface area contributed by atoms with E-state index >= 15 is 0 Å². The number of nitrogens with two attached hydrogens (primary N) is 2. The van der Waals surface area contributed by atoms with Gasteiger partial charge in [-0.1, -0.05) is 11.6 Å². The zero-order valence-electron chi connectivity index (χ0n) is 10.4. The van der Waals surface area contributed by atoms with Crippen molar-refractivity contribution >= 4 is 38.7 Å². The number of benzene rings is 2. The van der Waals surface area contributed by atoms with Crippen LogP contribution in [-0.2, 0) is 10.0 Å². The van der Waals surface area contributed by atoms with Gasteiger partial charge in [0.15, 0.2) is 5.82 Å². The lowest BCUT2D eigenvalue weighted by molar-refractivity contribution is 0.586. The van der Waals surface area contributed by atoms with Crippen LogP contribution in [-0.4, -0.2) is 8.42 Å². The van der Waals surface area contributed by atoms with Crippen LogP contribution in [0.3, 0.4) is 0 Å². The lowest BCUT2D eigenvalue weighted by atomic mass is 10.2. The first kappa shape index (κ1) is 15.5. The molecule has 5 nitrogen and oxygen atoms in total. The molecule has 0 aliphatic heterocycles. The Bertz CT molecular complexity index is 789. The SMILES string of the molecule is Nc1cc(Nc2c(F)cc(F)cc2Cl)ccc1S(N)(=O)=O. The lowest BCUT2D eigenvalue weighted by Gasteiger charge is -2.11. The molecule has 0 aromatic heterocycles. The Balaban J connectivity index is 2.40. The molecule has 0 unspecified atom stereocenters. The van der Waals surface area contributed by atoms with Crippen molar-refractivity contribution < 1.29 is 17.2 Å². The van der Waals surface area contributed by atoms with Crippen molar-refractivity contribution in [2.75, 3.05) is 11.1 Å². The van der Waals surface area contributed by atoms with Gasteiger partial charge in [-0.05, 0) is 24.3 Å². The second-order valence-electron chi connectivity index (χ2n) is 4.17. The molecule has 2 aromatic carbocycles. The van der Waals surface area contributed by atoms with Crippen molar-refractivity contribution in [2.24, 2.45) is 5.14 Å². The topological polar surface area (TPSA) is 98.2 Å². The molecule has 0 amide bonds. The zero-order chi connectivity index (χ0) is 15.8. The molecule has 0 atom stereocenters. The summed E-state index contributed by atoms with van der Waals surface area (Å²) in [6, 6.07) is 5.35. The van der Waals surface area contributed by atoms with Crippen LogP contribution in [0, 0.1) is 11.6 Å². The van der Waals surface area contributed by atoms with Crippen molar-refractivity contribution in [3.8, 4) is 0 Å². The Morgan fingerprint density at radius 2 is 1.81 bits per heavy atom. The molecule has 0 aliphatic rings. The minimum atomic E-state index is -3.95. The van der Waals surface area contributed by atoms with Gasteiger partial charge in [-0.25, -0.2) is 22.3 Å². The third-order valence-corrected chi connectivity index (χ3v) is 3.88. The van der Waals surface area contributed by atoms with Crippen LogP contribution in [0.25, 0.3) is 0 Å². The fourth-order valence-corrected chi connectivity index (χ4v) is 2.58. The van der Waals surface area contributed by atoms with Crippen LogP contribution in [0.1, 0.15) is 0 Å². The second-order valence-corrected chi connectivity index (χ2v) is 6.10. The van der Waals surface area contributed by atoms with Gasteiger partial charge in [0.2, 0.25) is 10.0 Å². The van der Waals surface area contributed by atoms with E-state index in [0.717, 1.165) is 6.07 Å². The van der Waals surface area contributed by atoms with E-state index in [1.54, 1.807) is 0 Å². The Labute approximate surface area is 124 Å². The van der Waals surface area contributed by atoms with Crippen LogP contribution in [0.15, 0.2) is 35.2 Å². The largest absolute Gasteiger partial charge is 0.398 e. The molecule has 0 heterocycles. The van der Waals surface area contributed by atoms with Gasteiger partial charge in [0.1, 0.15) is 10.7 Å². The predicted molar refractivity (Wildman–Crippen MR) is 76.9 cm³/mol. The maximum atomic E-state index is 13.6. The monoisotopic (exact) mass is 333 g/mol. The highest BCUT2D eigenvalue weighted by molar-refractivity contribution is 7.89. The van der Waals surface area contributed by atoms with Gasteiger partial charge in [-0.2, -0.15) is 0 Å². The first-order valence-corrected chi connectivity index (χ1v) is 7.45. The number of primary sulfonamides is 1. The molecule has 0 radical (unpaired) electrons. The first-order chi connectivity index (χ1) is 9.68. The lowest BCUT2D eigenvalue weighted by Crippen LogP contribution is -2.14. The van der Waals surface area contributed by atoms with E-state index in [4.69, 9.17) is 22.5 Å². The molecule has 0 fully saturated rings. The normalized spacial score (nSPS) is 11.4. The van der Waals surface area contributed by atoms with Crippen LogP contribution >= 0.6 is 11.6 Å². The Morgan fingerprint density at radius 3 is 2.33 bits per heavy atom. The molecule has 2 rings (SSSR count). The molecule has 112 valence electrons. The summed E-state index contributed by atoms with van der Waals surface area (Å²) in [5, 5.41) is 7.41. The van der Waals surface area contributed by atoms with Gasteiger partial charge in [-0.15, -0.1) is 0 Å². The highest BCUT2D eigenvalue weighted by Crippen LogP contribution is 2.31. The van der Waals surface area contributed by atoms with E-state index in [9.17, 15) is 17.2 Å². The zero-order valence-corrected chi connectivity index (χ0v) is 12.0. The smallest absolute Gasteiger partial charge is 0.240 e. The molecule has 5 N–H and O–H groups in total. The average Bonchev–Trinajstić information content (AvgIpc) is 2.32. The summed E-state index contributed by atoms with van der Waals surface area (Å²) < 4.78 is 49.0. The molecule has 2 aromatic rings. The third kappa shape index (κ3) is 3.41. The molecular formula is C12H10ClF2N3O2S. The Hall–Kier alpha value is -1.90. The predicted octanol–water partition coefficient (Wildman–Crippen LogP) is 2.59. The number of rotatable bonds is 3. The van der Waals surface area contributed by atoms with E-state index in [0.29, 0.717) is 6.07 Å². The number of sulfonamides is 1. The molecule has 0 saturated carbocycles. The number of nitrogens with one attached hydrogen (secondary N) is 1. The van der Waals surface area contributed by atoms with Crippen molar-refractivity contribution in [3.63, 3.8) is 0 Å². The molecule has 0 bridgehead atoms. The Kier molecular flexibility index (Phi) is 4.04. The maximum absolute atomic E-state index is 13.6. The molecule has 0 aliphatic carbocycles. The summed E-state index contributed by atoms with van der Waals surface area (Å²) in [5.74, 6) is -1.71. The summed E-state index contributed by atoms with van der Waals surface area (Å²) in [7, 11) is -3.95. The summed E-state index contributed by atoms with van der Waals surface area (Å²) in [4.78, 5) is -0.251. The minimum absolute atomic E-state index is 0.110. The van der Waals surface area contributed by atoms with Gasteiger partial charge >= 0.3 is 0 Å². The average molecular weight is 334 g/mol. The van der Waals surface area contributed by atoms with Crippen LogP contribution < -0.4 is 16.2 Å². The highest BCUT2D eigenvalue weighted by atomic mass is 35.5. The number of nitrogen functional groups attached to an aromatic ring is 1. The summed E-state index contributed by atoms with van der Waals surface area (Å²) >= 11 is 5.74. The highest BCUT2D eigenvalue weighted by Gasteiger charge is 2.14. The van der Waals surface area contributed by atoms with Crippen molar-refractivity contribution in [1.82, 2.24) is 0 Å². The first-order valence-electron chi connectivity index (χ1n) is 5.52. The molecule has 0 saturated heterocycles. The summed E-state index contributed by atoms with van der Waals surface area (Å²) in [6.07, 6.45) is 0. The fraction of sp³-hybridized carbons (Fsp3) is 0. The van der Waals surface area contributed by atoms with Crippen LogP contribution in [0.5, 0.6) is 0 Å². The van der Waals surface area contributed by atoms with Gasteiger partial charge < -0.3 is 11.1 Å². The fourth-order valence-electron chi connectivity index (χ4n) is 1.69. The molecular weight excluding hydrogens is 324 g/mol. The van der Waals surface area contributed by atoms with E-state index in [-0.39, 0.29) is 27.0 Å². The quantitative estimate of drug-likeness (QED) is 0.752.